The summed E-state index contributed by atoms with van der Waals surface area (Å²) in [5.74, 6) is 1.69. The predicted octanol–water partition coefficient (Wildman–Crippen LogP) is 3.76. The molecular formula is C15H19ClN4. The van der Waals surface area contributed by atoms with Crippen molar-refractivity contribution in [2.45, 2.75) is 19.9 Å². The van der Waals surface area contributed by atoms with Crippen molar-refractivity contribution in [1.29, 1.82) is 0 Å². The van der Waals surface area contributed by atoms with Crippen molar-refractivity contribution in [3.8, 4) is 0 Å². The molecule has 1 aromatic heterocycles. The Morgan fingerprint density at radius 2 is 2.05 bits per heavy atom. The van der Waals surface area contributed by atoms with Crippen molar-refractivity contribution in [2.24, 2.45) is 0 Å². The van der Waals surface area contributed by atoms with Crippen molar-refractivity contribution >= 4 is 23.2 Å². The predicted molar refractivity (Wildman–Crippen MR) is 84.5 cm³/mol. The highest BCUT2D eigenvalue weighted by atomic mass is 35.5. The smallest absolute Gasteiger partial charge is 0.134 e. The van der Waals surface area contributed by atoms with Gasteiger partial charge in [-0.3, -0.25) is 0 Å². The van der Waals surface area contributed by atoms with Gasteiger partial charge < -0.3 is 10.2 Å². The van der Waals surface area contributed by atoms with Crippen LogP contribution in [0, 0.1) is 0 Å². The van der Waals surface area contributed by atoms with E-state index in [1.165, 1.54) is 0 Å². The zero-order valence-corrected chi connectivity index (χ0v) is 12.7. The molecule has 0 saturated carbocycles. The van der Waals surface area contributed by atoms with Gasteiger partial charge in [0.15, 0.2) is 0 Å². The van der Waals surface area contributed by atoms with Crippen LogP contribution in [0.1, 0.15) is 25.5 Å². The second kappa shape index (κ2) is 6.57. The number of halogens is 1. The fourth-order valence-electron chi connectivity index (χ4n) is 2.04. The fraction of sp³-hybridized carbons (Fsp3) is 0.333. The molecule has 0 spiro atoms. The Bertz CT molecular complexity index is 573. The molecule has 0 aliphatic heterocycles. The van der Waals surface area contributed by atoms with Crippen LogP contribution in [0.2, 0.25) is 5.02 Å². The summed E-state index contributed by atoms with van der Waals surface area (Å²) in [6, 6.07) is 9.95. The molecule has 1 N–H and O–H groups in total. The summed E-state index contributed by atoms with van der Waals surface area (Å²) in [6.07, 6.45) is 1.57. The van der Waals surface area contributed by atoms with Gasteiger partial charge >= 0.3 is 0 Å². The Balaban J connectivity index is 2.24. The van der Waals surface area contributed by atoms with Crippen LogP contribution in [0.25, 0.3) is 0 Å². The van der Waals surface area contributed by atoms with E-state index >= 15 is 0 Å². The maximum atomic E-state index is 6.26. The first kappa shape index (κ1) is 14.6. The lowest BCUT2D eigenvalue weighted by atomic mass is 10.1. The van der Waals surface area contributed by atoms with Crippen molar-refractivity contribution in [1.82, 2.24) is 9.97 Å². The summed E-state index contributed by atoms with van der Waals surface area (Å²) < 4.78 is 0. The van der Waals surface area contributed by atoms with E-state index in [4.69, 9.17) is 11.6 Å². The van der Waals surface area contributed by atoms with E-state index < -0.39 is 0 Å². The van der Waals surface area contributed by atoms with E-state index in [1.54, 1.807) is 6.33 Å². The van der Waals surface area contributed by atoms with Crippen molar-refractivity contribution in [3.63, 3.8) is 0 Å². The summed E-state index contributed by atoms with van der Waals surface area (Å²) >= 11 is 6.26. The molecule has 4 nitrogen and oxygen atoms in total. The van der Waals surface area contributed by atoms with Gasteiger partial charge in [-0.25, -0.2) is 9.97 Å². The number of benzene rings is 1. The number of hydrogen-bond donors (Lipinski definition) is 1. The molecule has 0 aliphatic rings. The zero-order chi connectivity index (χ0) is 14.5. The lowest BCUT2D eigenvalue weighted by Gasteiger charge is -2.27. The van der Waals surface area contributed by atoms with Gasteiger partial charge in [0.05, 0.1) is 6.04 Å². The summed E-state index contributed by atoms with van der Waals surface area (Å²) in [7, 11) is 2.01. The van der Waals surface area contributed by atoms with E-state index in [0.717, 1.165) is 28.8 Å². The molecule has 5 heteroatoms. The summed E-state index contributed by atoms with van der Waals surface area (Å²) in [5, 5.41) is 3.96. The highest BCUT2D eigenvalue weighted by Crippen LogP contribution is 2.29. The first-order valence-electron chi connectivity index (χ1n) is 6.66. The Morgan fingerprint density at radius 1 is 1.30 bits per heavy atom. The lowest BCUT2D eigenvalue weighted by Crippen LogP contribution is -2.23. The van der Waals surface area contributed by atoms with Crippen molar-refractivity contribution < 1.29 is 0 Å². The Kier molecular flexibility index (Phi) is 4.79. The van der Waals surface area contributed by atoms with Crippen LogP contribution in [0.5, 0.6) is 0 Å². The van der Waals surface area contributed by atoms with Gasteiger partial charge in [-0.1, -0.05) is 29.8 Å². The van der Waals surface area contributed by atoms with E-state index in [-0.39, 0.29) is 6.04 Å². The topological polar surface area (TPSA) is 41.0 Å². The highest BCUT2D eigenvalue weighted by Gasteiger charge is 2.16. The maximum absolute atomic E-state index is 6.26. The quantitative estimate of drug-likeness (QED) is 0.910. The second-order valence-corrected chi connectivity index (χ2v) is 5.01. The van der Waals surface area contributed by atoms with Gasteiger partial charge in [-0.15, -0.1) is 0 Å². The molecule has 1 atom stereocenters. The Hall–Kier alpha value is -1.81. The van der Waals surface area contributed by atoms with Crippen LogP contribution in [-0.4, -0.2) is 23.6 Å². The number of nitrogens with zero attached hydrogens (tertiary/aromatic N) is 3. The normalized spacial score (nSPS) is 12.0. The molecule has 0 bridgehead atoms. The number of anilines is 2. The molecule has 0 amide bonds. The van der Waals surface area contributed by atoms with Gasteiger partial charge in [0.1, 0.15) is 18.0 Å². The molecule has 1 aromatic carbocycles. The third-order valence-electron chi connectivity index (χ3n) is 3.31. The minimum Gasteiger partial charge on any atom is -0.370 e. The van der Waals surface area contributed by atoms with Crippen LogP contribution in [-0.2, 0) is 0 Å². The SMILES string of the molecule is CCNc1cc(N(C)C(C)c2ccccc2Cl)ncn1. The molecule has 2 rings (SSSR count). The molecule has 0 aliphatic carbocycles. The third kappa shape index (κ3) is 3.20. The monoisotopic (exact) mass is 290 g/mol. The molecule has 0 radical (unpaired) electrons. The second-order valence-electron chi connectivity index (χ2n) is 4.60. The Morgan fingerprint density at radius 3 is 2.75 bits per heavy atom. The number of rotatable bonds is 5. The zero-order valence-electron chi connectivity index (χ0n) is 12.0. The lowest BCUT2D eigenvalue weighted by molar-refractivity contribution is 0.727. The molecule has 2 aromatic rings. The van der Waals surface area contributed by atoms with Crippen molar-refractivity contribution in [2.75, 3.05) is 23.8 Å². The van der Waals surface area contributed by atoms with E-state index in [1.807, 2.05) is 44.3 Å². The van der Waals surface area contributed by atoms with Gasteiger partial charge in [-0.05, 0) is 25.5 Å². The molecule has 0 fully saturated rings. The van der Waals surface area contributed by atoms with Crippen LogP contribution in [0.4, 0.5) is 11.6 Å². The molecular weight excluding hydrogens is 272 g/mol. The van der Waals surface area contributed by atoms with Crippen LogP contribution < -0.4 is 10.2 Å². The first-order valence-corrected chi connectivity index (χ1v) is 7.04. The average molecular weight is 291 g/mol. The highest BCUT2D eigenvalue weighted by molar-refractivity contribution is 6.31. The Labute approximate surface area is 124 Å². The summed E-state index contributed by atoms with van der Waals surface area (Å²) in [5.41, 5.74) is 1.08. The molecule has 20 heavy (non-hydrogen) atoms. The standard InChI is InChI=1S/C15H19ClN4/c1-4-17-14-9-15(19-10-18-14)20(3)11(2)12-7-5-6-8-13(12)16/h5-11H,4H2,1-3H3,(H,17,18,19). The molecule has 1 heterocycles. The number of hydrogen-bond acceptors (Lipinski definition) is 4. The van der Waals surface area contributed by atoms with Gasteiger partial charge in [-0.2, -0.15) is 0 Å². The van der Waals surface area contributed by atoms with E-state index in [0.29, 0.717) is 0 Å². The summed E-state index contributed by atoms with van der Waals surface area (Å²) in [4.78, 5) is 10.6. The maximum Gasteiger partial charge on any atom is 0.134 e. The minimum atomic E-state index is 0.132. The molecule has 106 valence electrons. The van der Waals surface area contributed by atoms with E-state index in [9.17, 15) is 0 Å². The van der Waals surface area contributed by atoms with Gasteiger partial charge in [0.25, 0.3) is 0 Å². The van der Waals surface area contributed by atoms with Crippen LogP contribution in [0.3, 0.4) is 0 Å². The first-order chi connectivity index (χ1) is 9.63. The molecule has 0 saturated heterocycles. The average Bonchev–Trinajstić information content (AvgIpc) is 2.47. The summed E-state index contributed by atoms with van der Waals surface area (Å²) in [6.45, 7) is 4.98. The fourth-order valence-corrected chi connectivity index (χ4v) is 2.33. The number of nitrogens with one attached hydrogen (secondary N) is 1. The van der Waals surface area contributed by atoms with Gasteiger partial charge in [0.2, 0.25) is 0 Å². The largest absolute Gasteiger partial charge is 0.370 e. The van der Waals surface area contributed by atoms with Crippen molar-refractivity contribution in [3.05, 3.63) is 47.2 Å². The third-order valence-corrected chi connectivity index (χ3v) is 3.65. The van der Waals surface area contributed by atoms with E-state index in [2.05, 4.69) is 27.1 Å². The number of aromatic nitrogens is 2. The van der Waals surface area contributed by atoms with Crippen LogP contribution >= 0.6 is 11.6 Å². The van der Waals surface area contributed by atoms with Gasteiger partial charge in [0, 0.05) is 24.7 Å². The minimum absolute atomic E-state index is 0.132. The molecule has 1 unspecified atom stereocenters. The van der Waals surface area contributed by atoms with Crippen LogP contribution in [0.15, 0.2) is 36.7 Å².